The minimum absolute atomic E-state index is 0.222. The molecule has 0 saturated heterocycles. The molecule has 0 amide bonds. The van der Waals surface area contributed by atoms with Crippen LogP contribution in [0.15, 0.2) is 54.6 Å². The Labute approximate surface area is 127 Å². The van der Waals surface area contributed by atoms with Crippen molar-refractivity contribution in [3.63, 3.8) is 0 Å². The number of alkyl halides is 3. The van der Waals surface area contributed by atoms with Gasteiger partial charge in [-0.05, 0) is 37.4 Å². The molecule has 5 heteroatoms. The smallest absolute Gasteiger partial charge is 0.416 e. The maximum Gasteiger partial charge on any atom is 0.416 e. The minimum Gasteiger partial charge on any atom is -0.486 e. The normalized spacial score (nSPS) is 12.9. The molecular formula is C17H18F3NO. The zero-order chi connectivity index (χ0) is 16.0. The van der Waals surface area contributed by atoms with Crippen molar-refractivity contribution in [1.29, 1.82) is 0 Å². The molecule has 1 N–H and O–H groups in total. The summed E-state index contributed by atoms with van der Waals surface area (Å²) in [5, 5.41) is 3.03. The van der Waals surface area contributed by atoms with Crippen molar-refractivity contribution < 1.29 is 17.9 Å². The molecule has 118 valence electrons. The third-order valence-electron chi connectivity index (χ3n) is 3.27. The quantitative estimate of drug-likeness (QED) is 0.852. The Balaban J connectivity index is 2.20. The van der Waals surface area contributed by atoms with E-state index in [1.807, 2.05) is 37.4 Å². The van der Waals surface area contributed by atoms with Gasteiger partial charge < -0.3 is 10.1 Å². The molecule has 0 aliphatic heterocycles. The van der Waals surface area contributed by atoms with Crippen LogP contribution in [0.2, 0.25) is 0 Å². The molecule has 1 unspecified atom stereocenters. The molecule has 2 nitrogen and oxygen atoms in total. The van der Waals surface area contributed by atoms with Gasteiger partial charge in [0.15, 0.2) is 0 Å². The monoisotopic (exact) mass is 309 g/mol. The fraction of sp³-hybridized carbons (Fsp3) is 0.294. The zero-order valence-electron chi connectivity index (χ0n) is 12.2. The van der Waals surface area contributed by atoms with Crippen LogP contribution in [0.1, 0.15) is 23.7 Å². The molecular weight excluding hydrogens is 291 g/mol. The Morgan fingerprint density at radius 3 is 2.41 bits per heavy atom. The molecule has 1 atom stereocenters. The summed E-state index contributed by atoms with van der Waals surface area (Å²) >= 11 is 0. The highest BCUT2D eigenvalue weighted by atomic mass is 19.4. The third kappa shape index (κ3) is 4.49. The number of ether oxygens (including phenoxy) is 1. The number of hydrogen-bond acceptors (Lipinski definition) is 2. The first-order valence-corrected chi connectivity index (χ1v) is 7.04. The van der Waals surface area contributed by atoms with Gasteiger partial charge in [-0.25, -0.2) is 0 Å². The Morgan fingerprint density at radius 2 is 1.77 bits per heavy atom. The van der Waals surface area contributed by atoms with Crippen LogP contribution < -0.4 is 10.1 Å². The van der Waals surface area contributed by atoms with Gasteiger partial charge in [0.1, 0.15) is 11.9 Å². The number of rotatable bonds is 6. The molecule has 0 aliphatic rings. The highest BCUT2D eigenvalue weighted by Gasteiger charge is 2.30. The lowest BCUT2D eigenvalue weighted by molar-refractivity contribution is -0.137. The fourth-order valence-electron chi connectivity index (χ4n) is 2.15. The van der Waals surface area contributed by atoms with Crippen LogP contribution in [-0.4, -0.2) is 13.6 Å². The molecule has 2 rings (SSSR count). The number of halogens is 3. The van der Waals surface area contributed by atoms with Crippen molar-refractivity contribution >= 4 is 0 Å². The molecule has 0 bridgehead atoms. The summed E-state index contributed by atoms with van der Waals surface area (Å²) < 4.78 is 44.1. The summed E-state index contributed by atoms with van der Waals surface area (Å²) in [6.45, 7) is 0.707. The van der Waals surface area contributed by atoms with Gasteiger partial charge >= 0.3 is 6.18 Å². The van der Waals surface area contributed by atoms with Crippen LogP contribution in [0.4, 0.5) is 13.2 Å². The Morgan fingerprint density at radius 1 is 1.05 bits per heavy atom. The van der Waals surface area contributed by atoms with Crippen LogP contribution in [0.3, 0.4) is 0 Å². The summed E-state index contributed by atoms with van der Waals surface area (Å²) in [4.78, 5) is 0. The molecule has 2 aromatic carbocycles. The lowest BCUT2D eigenvalue weighted by Crippen LogP contribution is -2.16. The van der Waals surface area contributed by atoms with Crippen molar-refractivity contribution in [2.24, 2.45) is 0 Å². The van der Waals surface area contributed by atoms with Gasteiger partial charge in [0.05, 0.1) is 5.56 Å². The van der Waals surface area contributed by atoms with Gasteiger partial charge in [-0.1, -0.05) is 36.4 Å². The lowest BCUT2D eigenvalue weighted by atomic mass is 10.1. The summed E-state index contributed by atoms with van der Waals surface area (Å²) in [5.74, 6) is 0.222. The predicted molar refractivity (Wildman–Crippen MR) is 79.8 cm³/mol. The largest absolute Gasteiger partial charge is 0.486 e. The van der Waals surface area contributed by atoms with Gasteiger partial charge in [-0.3, -0.25) is 0 Å². The molecule has 0 radical (unpaired) electrons. The van der Waals surface area contributed by atoms with E-state index in [0.29, 0.717) is 13.0 Å². The topological polar surface area (TPSA) is 21.3 Å². The van der Waals surface area contributed by atoms with E-state index >= 15 is 0 Å². The lowest BCUT2D eigenvalue weighted by Gasteiger charge is -2.20. The standard InChI is InChI=1S/C17H18F3NO/c1-21-11-10-16(13-6-3-2-4-7-13)22-15-9-5-8-14(12-15)17(18,19)20/h2-9,12,16,21H,10-11H2,1H3. The molecule has 0 saturated carbocycles. The van der Waals surface area contributed by atoms with Gasteiger partial charge in [0, 0.05) is 6.42 Å². The molecule has 0 spiro atoms. The zero-order valence-corrected chi connectivity index (χ0v) is 12.2. The summed E-state index contributed by atoms with van der Waals surface area (Å²) in [6.07, 6.45) is -4.00. The second-order valence-electron chi connectivity index (χ2n) is 4.93. The van der Waals surface area contributed by atoms with E-state index in [0.717, 1.165) is 17.7 Å². The van der Waals surface area contributed by atoms with Crippen LogP contribution in [0, 0.1) is 0 Å². The number of nitrogens with one attached hydrogen (secondary N) is 1. The highest BCUT2D eigenvalue weighted by molar-refractivity contribution is 5.31. The van der Waals surface area contributed by atoms with Crippen molar-refractivity contribution in [2.45, 2.75) is 18.7 Å². The molecule has 0 fully saturated rings. The Hall–Kier alpha value is -2.01. The minimum atomic E-state index is -4.37. The van der Waals surface area contributed by atoms with E-state index in [4.69, 9.17) is 4.74 Å². The van der Waals surface area contributed by atoms with Crippen LogP contribution >= 0.6 is 0 Å². The summed E-state index contributed by atoms with van der Waals surface area (Å²) in [5.41, 5.74) is 0.237. The van der Waals surface area contributed by atoms with Crippen molar-refractivity contribution in [2.75, 3.05) is 13.6 Å². The van der Waals surface area contributed by atoms with E-state index in [2.05, 4.69) is 5.32 Å². The second-order valence-corrected chi connectivity index (χ2v) is 4.93. The summed E-state index contributed by atoms with van der Waals surface area (Å²) in [7, 11) is 1.83. The van der Waals surface area contributed by atoms with Crippen LogP contribution in [0.25, 0.3) is 0 Å². The van der Waals surface area contributed by atoms with Crippen molar-refractivity contribution in [3.05, 3.63) is 65.7 Å². The van der Waals surface area contributed by atoms with Gasteiger partial charge in [0.2, 0.25) is 0 Å². The SMILES string of the molecule is CNCCC(Oc1cccc(C(F)(F)F)c1)c1ccccc1. The molecule has 2 aromatic rings. The average Bonchev–Trinajstić information content (AvgIpc) is 2.52. The first-order valence-electron chi connectivity index (χ1n) is 7.04. The van der Waals surface area contributed by atoms with E-state index in [1.165, 1.54) is 6.07 Å². The fourth-order valence-corrected chi connectivity index (χ4v) is 2.15. The Bertz CT molecular complexity index is 584. The number of benzene rings is 2. The van der Waals surface area contributed by atoms with E-state index in [-0.39, 0.29) is 11.9 Å². The molecule has 0 aromatic heterocycles. The van der Waals surface area contributed by atoms with Gasteiger partial charge in [-0.2, -0.15) is 13.2 Å². The first kappa shape index (κ1) is 16.4. The number of hydrogen-bond donors (Lipinski definition) is 1. The molecule has 0 heterocycles. The maximum atomic E-state index is 12.8. The van der Waals surface area contributed by atoms with Crippen LogP contribution in [-0.2, 0) is 6.18 Å². The average molecular weight is 309 g/mol. The highest BCUT2D eigenvalue weighted by Crippen LogP contribution is 2.33. The van der Waals surface area contributed by atoms with E-state index in [1.54, 1.807) is 6.07 Å². The first-order chi connectivity index (χ1) is 10.5. The van der Waals surface area contributed by atoms with Crippen LogP contribution in [0.5, 0.6) is 5.75 Å². The maximum absolute atomic E-state index is 12.8. The van der Waals surface area contributed by atoms with Gasteiger partial charge in [-0.15, -0.1) is 0 Å². The molecule has 22 heavy (non-hydrogen) atoms. The second kappa shape index (κ2) is 7.31. The van der Waals surface area contributed by atoms with E-state index in [9.17, 15) is 13.2 Å². The third-order valence-corrected chi connectivity index (χ3v) is 3.27. The summed E-state index contributed by atoms with van der Waals surface area (Å²) in [6, 6.07) is 14.5. The van der Waals surface area contributed by atoms with Crippen molar-refractivity contribution in [3.8, 4) is 5.75 Å². The predicted octanol–water partition coefficient (Wildman–Crippen LogP) is 4.44. The Kier molecular flexibility index (Phi) is 5.44. The van der Waals surface area contributed by atoms with Crippen molar-refractivity contribution in [1.82, 2.24) is 5.32 Å². The van der Waals surface area contributed by atoms with Gasteiger partial charge in [0.25, 0.3) is 0 Å². The van der Waals surface area contributed by atoms with E-state index < -0.39 is 11.7 Å². The molecule has 0 aliphatic carbocycles.